The zero-order valence-corrected chi connectivity index (χ0v) is 10.4. The Morgan fingerprint density at radius 3 is 2.78 bits per heavy atom. The van der Waals surface area contributed by atoms with Crippen LogP contribution in [-0.4, -0.2) is 18.4 Å². The van der Waals surface area contributed by atoms with Crippen molar-refractivity contribution in [1.29, 1.82) is 0 Å². The zero-order valence-electron chi connectivity index (χ0n) is 9.63. The molecule has 4 N–H and O–H groups in total. The van der Waals surface area contributed by atoms with Crippen molar-refractivity contribution in [2.75, 3.05) is 0 Å². The lowest BCUT2D eigenvalue weighted by molar-refractivity contribution is 0.578. The van der Waals surface area contributed by atoms with E-state index in [4.69, 9.17) is 5.73 Å². The Morgan fingerprint density at radius 1 is 1.33 bits per heavy atom. The molecule has 96 valence electrons. The predicted molar refractivity (Wildman–Crippen MR) is 66.9 cm³/mol. The minimum Gasteiger partial charge on any atom is -0.335 e. The molecule has 2 rings (SSSR count). The van der Waals surface area contributed by atoms with Crippen LogP contribution < -0.4 is 10.5 Å². The van der Waals surface area contributed by atoms with Gasteiger partial charge >= 0.3 is 0 Å². The summed E-state index contributed by atoms with van der Waals surface area (Å²) in [6.45, 7) is 0.649. The van der Waals surface area contributed by atoms with Gasteiger partial charge in [0.15, 0.2) is 5.03 Å². The van der Waals surface area contributed by atoms with Crippen LogP contribution >= 0.6 is 0 Å². The van der Waals surface area contributed by atoms with E-state index >= 15 is 0 Å². The lowest BCUT2D eigenvalue weighted by atomic mass is 10.1. The summed E-state index contributed by atoms with van der Waals surface area (Å²) < 4.78 is 26.1. The molecule has 0 unspecified atom stereocenters. The van der Waals surface area contributed by atoms with Crippen LogP contribution in [0.5, 0.6) is 0 Å². The van der Waals surface area contributed by atoms with Gasteiger partial charge in [0.25, 0.3) is 10.0 Å². The number of rotatable bonds is 5. The first-order valence-corrected chi connectivity index (χ1v) is 6.86. The molecule has 0 radical (unpaired) electrons. The molecule has 7 heteroatoms. The molecule has 2 aromatic rings. The van der Waals surface area contributed by atoms with Crippen LogP contribution in [-0.2, 0) is 23.1 Å². The molecule has 0 atom stereocenters. The quantitative estimate of drug-likeness (QED) is 0.726. The maximum atomic E-state index is 11.8. The molecule has 0 aliphatic heterocycles. The van der Waals surface area contributed by atoms with E-state index in [2.05, 4.69) is 14.7 Å². The first-order valence-electron chi connectivity index (χ1n) is 5.38. The highest BCUT2D eigenvalue weighted by atomic mass is 32.2. The molecule has 18 heavy (non-hydrogen) atoms. The Kier molecular flexibility index (Phi) is 3.75. The largest absolute Gasteiger partial charge is 0.335 e. The van der Waals surface area contributed by atoms with Gasteiger partial charge in [-0.3, -0.25) is 0 Å². The van der Waals surface area contributed by atoms with Crippen LogP contribution in [0.25, 0.3) is 0 Å². The number of imidazole rings is 1. The third kappa shape index (κ3) is 2.95. The van der Waals surface area contributed by atoms with Crippen molar-refractivity contribution in [3.05, 3.63) is 47.9 Å². The first-order chi connectivity index (χ1) is 8.62. The normalized spacial score (nSPS) is 11.6. The van der Waals surface area contributed by atoms with Gasteiger partial charge in [0.2, 0.25) is 0 Å². The van der Waals surface area contributed by atoms with Crippen LogP contribution in [0, 0.1) is 0 Å². The molecule has 1 heterocycles. The molecule has 0 spiro atoms. The summed E-state index contributed by atoms with van der Waals surface area (Å²) in [6.07, 6.45) is 2.59. The monoisotopic (exact) mass is 266 g/mol. The number of nitrogens with zero attached hydrogens (tertiary/aromatic N) is 1. The van der Waals surface area contributed by atoms with Gasteiger partial charge in [0, 0.05) is 13.1 Å². The van der Waals surface area contributed by atoms with Gasteiger partial charge in [0.05, 0.1) is 12.5 Å². The fraction of sp³-hybridized carbons (Fsp3) is 0.182. The summed E-state index contributed by atoms with van der Waals surface area (Å²) in [4.78, 5) is 6.23. The Morgan fingerprint density at radius 2 is 2.11 bits per heavy atom. The standard InChI is InChI=1S/C11H14N4O2S/c12-5-9-2-1-3-10(4-9)6-15-18(16,17)11-7-13-8-14-11/h1-4,7-8,15H,5-6,12H2,(H,13,14). The fourth-order valence-corrected chi connectivity index (χ4v) is 2.43. The topological polar surface area (TPSA) is 101 Å². The van der Waals surface area contributed by atoms with Gasteiger partial charge in [-0.25, -0.2) is 18.1 Å². The summed E-state index contributed by atoms with van der Waals surface area (Å²) >= 11 is 0. The maximum Gasteiger partial charge on any atom is 0.257 e. The van der Waals surface area contributed by atoms with Crippen LogP contribution in [0.3, 0.4) is 0 Å². The van der Waals surface area contributed by atoms with Gasteiger partial charge in [-0.2, -0.15) is 0 Å². The van der Waals surface area contributed by atoms with Crippen LogP contribution in [0.15, 0.2) is 41.8 Å². The molecular formula is C11H14N4O2S. The number of aromatic amines is 1. The van der Waals surface area contributed by atoms with Gasteiger partial charge < -0.3 is 10.7 Å². The molecule has 0 aliphatic rings. The molecular weight excluding hydrogens is 252 g/mol. The van der Waals surface area contributed by atoms with Crippen LogP contribution in [0.1, 0.15) is 11.1 Å². The molecule has 0 amide bonds. The number of H-pyrrole nitrogens is 1. The molecule has 0 aliphatic carbocycles. The summed E-state index contributed by atoms with van der Waals surface area (Å²) in [5.74, 6) is 0. The number of nitrogens with two attached hydrogens (primary N) is 1. The number of benzene rings is 1. The SMILES string of the molecule is NCc1cccc(CNS(=O)(=O)c2cnc[nH]2)c1. The number of hydrogen-bond acceptors (Lipinski definition) is 4. The van der Waals surface area contributed by atoms with Gasteiger partial charge in [-0.05, 0) is 11.1 Å². The number of hydrogen-bond donors (Lipinski definition) is 3. The van der Waals surface area contributed by atoms with E-state index in [0.717, 1.165) is 11.1 Å². The Labute approximate surface area is 105 Å². The molecule has 1 aromatic heterocycles. The van der Waals surface area contributed by atoms with Crippen molar-refractivity contribution in [3.63, 3.8) is 0 Å². The van der Waals surface area contributed by atoms with Crippen molar-refractivity contribution in [2.24, 2.45) is 5.73 Å². The van der Waals surface area contributed by atoms with Crippen molar-refractivity contribution < 1.29 is 8.42 Å². The second-order valence-electron chi connectivity index (χ2n) is 3.76. The minimum atomic E-state index is -3.53. The molecule has 6 nitrogen and oxygen atoms in total. The van der Waals surface area contributed by atoms with Gasteiger partial charge in [0.1, 0.15) is 0 Å². The van der Waals surface area contributed by atoms with E-state index in [9.17, 15) is 8.42 Å². The third-order valence-electron chi connectivity index (χ3n) is 2.46. The summed E-state index contributed by atoms with van der Waals surface area (Å²) in [5, 5.41) is 0.0532. The number of aromatic nitrogens is 2. The van der Waals surface area contributed by atoms with Crippen molar-refractivity contribution in [2.45, 2.75) is 18.1 Å². The lowest BCUT2D eigenvalue weighted by Gasteiger charge is -2.06. The Hall–Kier alpha value is -1.70. The van der Waals surface area contributed by atoms with E-state index in [1.165, 1.54) is 12.5 Å². The smallest absolute Gasteiger partial charge is 0.257 e. The van der Waals surface area contributed by atoms with Crippen LogP contribution in [0.4, 0.5) is 0 Å². The molecule has 1 aromatic carbocycles. The van der Waals surface area contributed by atoms with Gasteiger partial charge in [-0.1, -0.05) is 24.3 Å². The van der Waals surface area contributed by atoms with Crippen LogP contribution in [0.2, 0.25) is 0 Å². The lowest BCUT2D eigenvalue weighted by Crippen LogP contribution is -2.23. The zero-order chi connectivity index (χ0) is 13.0. The van der Waals surface area contributed by atoms with E-state index in [0.29, 0.717) is 6.54 Å². The average molecular weight is 266 g/mol. The summed E-state index contributed by atoms with van der Waals surface area (Å²) in [5.41, 5.74) is 7.35. The Bertz CT molecular complexity index is 608. The van der Waals surface area contributed by atoms with Crippen molar-refractivity contribution >= 4 is 10.0 Å². The first kappa shape index (κ1) is 12.7. The molecule has 0 bridgehead atoms. The highest BCUT2D eigenvalue weighted by molar-refractivity contribution is 7.89. The predicted octanol–water partition coefficient (Wildman–Crippen LogP) is 0.347. The van der Waals surface area contributed by atoms with E-state index in [1.54, 1.807) is 0 Å². The average Bonchev–Trinajstić information content (AvgIpc) is 2.91. The molecule has 0 saturated heterocycles. The Balaban J connectivity index is 2.07. The second-order valence-corrected chi connectivity index (χ2v) is 5.50. The number of nitrogens with one attached hydrogen (secondary N) is 2. The van der Waals surface area contributed by atoms with Gasteiger partial charge in [-0.15, -0.1) is 0 Å². The molecule has 0 saturated carbocycles. The van der Waals surface area contributed by atoms with E-state index in [-0.39, 0.29) is 11.6 Å². The summed E-state index contributed by atoms with van der Waals surface area (Å²) in [7, 11) is -3.53. The second kappa shape index (κ2) is 5.30. The minimum absolute atomic E-state index is 0.0532. The van der Waals surface area contributed by atoms with E-state index < -0.39 is 10.0 Å². The van der Waals surface area contributed by atoms with Crippen molar-refractivity contribution in [1.82, 2.24) is 14.7 Å². The summed E-state index contributed by atoms with van der Waals surface area (Å²) in [6, 6.07) is 7.46. The third-order valence-corrected chi connectivity index (χ3v) is 3.78. The van der Waals surface area contributed by atoms with Crippen molar-refractivity contribution in [3.8, 4) is 0 Å². The highest BCUT2D eigenvalue weighted by Crippen LogP contribution is 2.07. The highest BCUT2D eigenvalue weighted by Gasteiger charge is 2.14. The van der Waals surface area contributed by atoms with E-state index in [1.807, 2.05) is 24.3 Å². The fourth-order valence-electron chi connectivity index (χ4n) is 1.51. The number of sulfonamides is 1. The molecule has 0 fully saturated rings. The maximum absolute atomic E-state index is 11.8.